The smallest absolute Gasteiger partial charge is 0.255 e. The standard InChI is InChI=1S/C20H29N3O6/c1-11(2)20(3,4)8-13(22-18(26)12-6-7-28-9-12)19(27)23(5)15-14(24)10-29-16(15)17(21)25/h6-7,9,11,13,15-16H,8,10H2,1-5H3,(H2,21,25)(H,22,26)/t13-,15?,16?/m0/s1. The number of furan rings is 1. The molecule has 0 aliphatic carbocycles. The number of carbonyl (C=O) groups is 4. The van der Waals surface area contributed by atoms with Gasteiger partial charge in [-0.3, -0.25) is 19.2 Å². The predicted octanol–water partition coefficient (Wildman–Crippen LogP) is 0.731. The molecule has 2 heterocycles. The first-order chi connectivity index (χ1) is 13.5. The second kappa shape index (κ2) is 8.77. The van der Waals surface area contributed by atoms with Crippen molar-refractivity contribution in [1.82, 2.24) is 10.2 Å². The Bertz CT molecular complexity index is 771. The maximum absolute atomic E-state index is 13.3. The normalized spacial score (nSPS) is 20.6. The summed E-state index contributed by atoms with van der Waals surface area (Å²) >= 11 is 0. The molecule has 1 aliphatic rings. The van der Waals surface area contributed by atoms with Crippen LogP contribution in [-0.4, -0.2) is 60.2 Å². The van der Waals surface area contributed by atoms with Gasteiger partial charge in [-0.05, 0) is 23.8 Å². The van der Waals surface area contributed by atoms with Crippen LogP contribution in [0.15, 0.2) is 23.0 Å². The van der Waals surface area contributed by atoms with Crippen molar-refractivity contribution in [3.05, 3.63) is 24.2 Å². The number of nitrogens with zero attached hydrogens (tertiary/aromatic N) is 1. The first kappa shape index (κ1) is 22.6. The second-order valence-corrected chi connectivity index (χ2v) is 8.38. The summed E-state index contributed by atoms with van der Waals surface area (Å²) in [6.45, 7) is 7.76. The van der Waals surface area contributed by atoms with E-state index in [-0.39, 0.29) is 23.5 Å². The minimum atomic E-state index is -1.21. The van der Waals surface area contributed by atoms with E-state index in [4.69, 9.17) is 14.9 Å². The number of nitrogens with two attached hydrogens (primary N) is 1. The average molecular weight is 407 g/mol. The van der Waals surface area contributed by atoms with Gasteiger partial charge in [-0.1, -0.05) is 27.7 Å². The van der Waals surface area contributed by atoms with E-state index in [0.29, 0.717) is 6.42 Å². The summed E-state index contributed by atoms with van der Waals surface area (Å²) in [5.74, 6) is -1.96. The van der Waals surface area contributed by atoms with Gasteiger partial charge >= 0.3 is 0 Å². The minimum Gasteiger partial charge on any atom is -0.472 e. The minimum absolute atomic E-state index is 0.226. The van der Waals surface area contributed by atoms with E-state index >= 15 is 0 Å². The Labute approximate surface area is 169 Å². The molecule has 1 aliphatic heterocycles. The Morgan fingerprint density at radius 3 is 2.52 bits per heavy atom. The van der Waals surface area contributed by atoms with Gasteiger partial charge in [0.1, 0.15) is 25.0 Å². The van der Waals surface area contributed by atoms with Crippen molar-refractivity contribution in [3.8, 4) is 0 Å². The van der Waals surface area contributed by atoms with Gasteiger partial charge in [-0.2, -0.15) is 0 Å². The van der Waals surface area contributed by atoms with Crippen LogP contribution in [0.25, 0.3) is 0 Å². The predicted molar refractivity (Wildman–Crippen MR) is 104 cm³/mol. The molecule has 9 nitrogen and oxygen atoms in total. The molecule has 0 aromatic carbocycles. The molecule has 9 heteroatoms. The molecule has 3 N–H and O–H groups in total. The number of amides is 3. The van der Waals surface area contributed by atoms with Crippen molar-refractivity contribution in [2.45, 2.75) is 52.3 Å². The van der Waals surface area contributed by atoms with Crippen molar-refractivity contribution >= 4 is 23.5 Å². The van der Waals surface area contributed by atoms with E-state index in [1.165, 1.54) is 25.6 Å². The highest BCUT2D eigenvalue weighted by atomic mass is 16.5. The van der Waals surface area contributed by atoms with Gasteiger partial charge in [-0.25, -0.2) is 0 Å². The molecular weight excluding hydrogens is 378 g/mol. The van der Waals surface area contributed by atoms with E-state index in [1.54, 1.807) is 0 Å². The van der Waals surface area contributed by atoms with Gasteiger partial charge in [0.2, 0.25) is 11.8 Å². The van der Waals surface area contributed by atoms with Gasteiger partial charge in [0.15, 0.2) is 11.9 Å². The molecule has 0 saturated carbocycles. The highest BCUT2D eigenvalue weighted by Crippen LogP contribution is 2.32. The van der Waals surface area contributed by atoms with E-state index in [0.717, 1.165) is 4.90 Å². The number of ketones is 1. The third-order valence-electron chi connectivity index (χ3n) is 5.75. The highest BCUT2D eigenvalue weighted by Gasteiger charge is 2.45. The van der Waals surface area contributed by atoms with Crippen LogP contribution in [0.4, 0.5) is 0 Å². The molecule has 160 valence electrons. The molecule has 2 unspecified atom stereocenters. The van der Waals surface area contributed by atoms with Crippen LogP contribution in [0, 0.1) is 11.3 Å². The van der Waals surface area contributed by atoms with Crippen LogP contribution in [-0.2, 0) is 19.1 Å². The summed E-state index contributed by atoms with van der Waals surface area (Å²) in [6.07, 6.45) is 1.77. The molecular formula is C20H29N3O6. The van der Waals surface area contributed by atoms with Crippen LogP contribution in [0.5, 0.6) is 0 Å². The topological polar surface area (TPSA) is 132 Å². The number of nitrogens with one attached hydrogen (secondary N) is 1. The molecule has 0 radical (unpaired) electrons. The fraction of sp³-hybridized carbons (Fsp3) is 0.600. The highest BCUT2D eigenvalue weighted by molar-refractivity contribution is 6.00. The Hall–Kier alpha value is -2.68. The molecule has 1 saturated heterocycles. The van der Waals surface area contributed by atoms with Crippen LogP contribution in [0.1, 0.15) is 44.5 Å². The average Bonchev–Trinajstić information content (AvgIpc) is 3.29. The first-order valence-corrected chi connectivity index (χ1v) is 9.49. The number of ether oxygens (including phenoxy) is 1. The van der Waals surface area contributed by atoms with E-state index in [2.05, 4.69) is 5.32 Å². The van der Waals surface area contributed by atoms with Crippen LogP contribution >= 0.6 is 0 Å². The van der Waals surface area contributed by atoms with Gasteiger partial charge in [0.25, 0.3) is 5.91 Å². The molecule has 0 bridgehead atoms. The maximum atomic E-state index is 13.3. The number of primary amides is 1. The van der Waals surface area contributed by atoms with Crippen molar-refractivity contribution in [1.29, 1.82) is 0 Å². The summed E-state index contributed by atoms with van der Waals surface area (Å²) in [5, 5.41) is 2.74. The molecule has 3 atom stereocenters. The lowest BCUT2D eigenvalue weighted by atomic mass is 9.76. The fourth-order valence-electron chi connectivity index (χ4n) is 3.15. The van der Waals surface area contributed by atoms with Crippen molar-refractivity contribution in [3.63, 3.8) is 0 Å². The molecule has 0 spiro atoms. The summed E-state index contributed by atoms with van der Waals surface area (Å²) in [5.41, 5.74) is 5.31. The Balaban J connectivity index is 2.28. The summed E-state index contributed by atoms with van der Waals surface area (Å²) in [4.78, 5) is 50.8. The van der Waals surface area contributed by atoms with Crippen molar-refractivity contribution in [2.75, 3.05) is 13.7 Å². The SMILES string of the molecule is CC(C)C(C)(C)C[C@H](NC(=O)c1ccoc1)C(=O)N(C)C1C(=O)COC1C(N)=O. The number of carbonyl (C=O) groups excluding carboxylic acids is 4. The molecule has 3 amide bonds. The largest absolute Gasteiger partial charge is 0.472 e. The van der Waals surface area contributed by atoms with Crippen LogP contribution in [0.3, 0.4) is 0 Å². The maximum Gasteiger partial charge on any atom is 0.255 e. The second-order valence-electron chi connectivity index (χ2n) is 8.38. The molecule has 1 aromatic rings. The molecule has 1 fully saturated rings. The van der Waals surface area contributed by atoms with Crippen LogP contribution in [0.2, 0.25) is 0 Å². The van der Waals surface area contributed by atoms with E-state index in [1.807, 2.05) is 27.7 Å². The monoisotopic (exact) mass is 407 g/mol. The number of rotatable bonds is 8. The zero-order valence-corrected chi connectivity index (χ0v) is 17.4. The number of hydrogen-bond donors (Lipinski definition) is 2. The molecule has 2 rings (SSSR count). The van der Waals surface area contributed by atoms with E-state index < -0.39 is 41.7 Å². The number of likely N-dealkylation sites (N-methyl/N-ethyl adjacent to an activating group) is 1. The quantitative estimate of drug-likeness (QED) is 0.653. The Kier molecular flexibility index (Phi) is 6.84. The third kappa shape index (κ3) is 5.03. The first-order valence-electron chi connectivity index (χ1n) is 9.49. The lowest BCUT2D eigenvalue weighted by Crippen LogP contribution is -2.57. The zero-order valence-electron chi connectivity index (χ0n) is 17.4. The fourth-order valence-corrected chi connectivity index (χ4v) is 3.15. The summed E-state index contributed by atoms with van der Waals surface area (Å²) in [7, 11) is 1.41. The van der Waals surface area contributed by atoms with Crippen molar-refractivity contribution < 1.29 is 28.3 Å². The lowest BCUT2D eigenvalue weighted by molar-refractivity contribution is -0.141. The lowest BCUT2D eigenvalue weighted by Gasteiger charge is -2.36. The van der Waals surface area contributed by atoms with Gasteiger partial charge in [0, 0.05) is 7.05 Å². The Morgan fingerprint density at radius 2 is 2.00 bits per heavy atom. The van der Waals surface area contributed by atoms with Gasteiger partial charge in [0.05, 0.1) is 11.8 Å². The van der Waals surface area contributed by atoms with E-state index in [9.17, 15) is 19.2 Å². The Morgan fingerprint density at radius 1 is 1.34 bits per heavy atom. The van der Waals surface area contributed by atoms with Crippen molar-refractivity contribution in [2.24, 2.45) is 17.1 Å². The zero-order chi connectivity index (χ0) is 21.9. The molecule has 29 heavy (non-hydrogen) atoms. The van der Waals surface area contributed by atoms with Crippen LogP contribution < -0.4 is 11.1 Å². The number of hydrogen-bond acceptors (Lipinski definition) is 6. The third-order valence-corrected chi connectivity index (χ3v) is 5.75. The molecule has 1 aromatic heterocycles. The van der Waals surface area contributed by atoms with Gasteiger partial charge < -0.3 is 25.1 Å². The van der Waals surface area contributed by atoms with Gasteiger partial charge in [-0.15, -0.1) is 0 Å². The summed E-state index contributed by atoms with van der Waals surface area (Å²) in [6, 6.07) is -0.539. The number of Topliss-reactive ketones (excluding diaryl/α,β-unsaturated/α-hetero) is 1. The summed E-state index contributed by atoms with van der Waals surface area (Å²) < 4.78 is 10.1.